The molecule has 7 nitrogen and oxygen atoms in total. The zero-order valence-electron chi connectivity index (χ0n) is 13.4. The van der Waals surface area contributed by atoms with Gasteiger partial charge in [-0.05, 0) is 32.6 Å². The van der Waals surface area contributed by atoms with Crippen LogP contribution in [0.2, 0.25) is 0 Å². The summed E-state index contributed by atoms with van der Waals surface area (Å²) in [5.41, 5.74) is 1.13. The van der Waals surface area contributed by atoms with Crippen LogP contribution in [0.4, 0.5) is 0 Å². The first-order valence-corrected chi connectivity index (χ1v) is 8.15. The number of nitrogens with zero attached hydrogens (tertiary/aromatic N) is 4. The topological polar surface area (TPSA) is 74.4 Å². The van der Waals surface area contributed by atoms with Crippen LogP contribution in [0.25, 0.3) is 0 Å². The molecule has 0 bridgehead atoms. The zero-order valence-corrected chi connectivity index (χ0v) is 13.4. The second-order valence-electron chi connectivity index (χ2n) is 6.28. The number of nitrogens with one attached hydrogen (secondary N) is 1. The number of aromatic amines is 1. The fraction of sp³-hybridized carbons (Fsp3) is 0.800. The Balaban J connectivity index is 1.53. The van der Waals surface area contributed by atoms with E-state index in [1.165, 1.54) is 0 Å². The number of ether oxygens (including phenoxy) is 1. The molecule has 7 heteroatoms. The number of rotatable bonds is 3. The summed E-state index contributed by atoms with van der Waals surface area (Å²) in [5.74, 6) is 0.657. The monoisotopic (exact) mass is 307 g/mol. The van der Waals surface area contributed by atoms with E-state index in [1.807, 2.05) is 11.8 Å². The molecule has 0 unspecified atom stereocenters. The summed E-state index contributed by atoms with van der Waals surface area (Å²) in [5, 5.41) is 10.4. The third-order valence-electron chi connectivity index (χ3n) is 5.06. The van der Waals surface area contributed by atoms with E-state index in [0.29, 0.717) is 23.3 Å². The van der Waals surface area contributed by atoms with Crippen LogP contribution in [0.5, 0.6) is 0 Å². The number of carbonyl (C=O) groups is 1. The van der Waals surface area contributed by atoms with Crippen LogP contribution in [0.1, 0.15) is 35.9 Å². The van der Waals surface area contributed by atoms with Crippen LogP contribution in [-0.2, 0) is 4.74 Å². The van der Waals surface area contributed by atoms with Gasteiger partial charge in [0.2, 0.25) is 0 Å². The predicted molar refractivity (Wildman–Crippen MR) is 81.6 cm³/mol. The number of aromatic nitrogens is 3. The molecule has 1 aromatic rings. The van der Waals surface area contributed by atoms with E-state index in [9.17, 15) is 4.79 Å². The third kappa shape index (κ3) is 3.15. The van der Waals surface area contributed by atoms with Crippen LogP contribution in [0.3, 0.4) is 0 Å². The normalized spacial score (nSPS) is 22.7. The fourth-order valence-corrected chi connectivity index (χ4v) is 3.50. The number of hydrogen-bond acceptors (Lipinski definition) is 5. The van der Waals surface area contributed by atoms with Gasteiger partial charge in [-0.25, -0.2) is 0 Å². The molecule has 2 fully saturated rings. The number of piperidine rings is 1. The van der Waals surface area contributed by atoms with Gasteiger partial charge in [0, 0.05) is 32.2 Å². The Morgan fingerprint density at radius 2 is 1.91 bits per heavy atom. The summed E-state index contributed by atoms with van der Waals surface area (Å²) in [6.45, 7) is 9.48. The minimum Gasteiger partial charge on any atom is -0.379 e. The fourth-order valence-electron chi connectivity index (χ4n) is 3.50. The second-order valence-corrected chi connectivity index (χ2v) is 6.28. The largest absolute Gasteiger partial charge is 0.379 e. The van der Waals surface area contributed by atoms with E-state index in [2.05, 4.69) is 27.2 Å². The number of amides is 1. The summed E-state index contributed by atoms with van der Waals surface area (Å²) in [6.07, 6.45) is 2.11. The molecule has 3 rings (SSSR count). The molecule has 2 aliphatic heterocycles. The minimum absolute atomic E-state index is 0.00345. The molecule has 2 aliphatic rings. The molecule has 1 amide bonds. The minimum atomic E-state index is 0.00345. The van der Waals surface area contributed by atoms with E-state index in [1.54, 1.807) is 0 Å². The first-order chi connectivity index (χ1) is 10.7. The number of carbonyl (C=O) groups excluding carboxylic acids is 1. The molecule has 2 saturated heterocycles. The lowest BCUT2D eigenvalue weighted by molar-refractivity contribution is -0.000990. The molecule has 22 heavy (non-hydrogen) atoms. The van der Waals surface area contributed by atoms with Gasteiger partial charge >= 0.3 is 0 Å². The van der Waals surface area contributed by atoms with Gasteiger partial charge in [-0.15, -0.1) is 0 Å². The summed E-state index contributed by atoms with van der Waals surface area (Å²) >= 11 is 0. The molecule has 3 heterocycles. The van der Waals surface area contributed by atoms with Crippen LogP contribution < -0.4 is 0 Å². The predicted octanol–water partition coefficient (Wildman–Crippen LogP) is 0.686. The molecule has 1 atom stereocenters. The van der Waals surface area contributed by atoms with Crippen molar-refractivity contribution in [1.29, 1.82) is 0 Å². The van der Waals surface area contributed by atoms with Gasteiger partial charge in [0.1, 0.15) is 0 Å². The second kappa shape index (κ2) is 6.75. The number of H-pyrrole nitrogens is 1. The zero-order chi connectivity index (χ0) is 15.5. The van der Waals surface area contributed by atoms with Gasteiger partial charge in [0.05, 0.1) is 18.9 Å². The molecule has 1 N–H and O–H groups in total. The number of hydrogen-bond donors (Lipinski definition) is 1. The van der Waals surface area contributed by atoms with Crippen molar-refractivity contribution in [3.05, 3.63) is 11.4 Å². The Kier molecular flexibility index (Phi) is 4.73. The molecule has 0 saturated carbocycles. The molecule has 122 valence electrons. The van der Waals surface area contributed by atoms with Crippen molar-refractivity contribution in [2.45, 2.75) is 32.7 Å². The highest BCUT2D eigenvalue weighted by molar-refractivity contribution is 5.93. The van der Waals surface area contributed by atoms with E-state index < -0.39 is 0 Å². The Hall–Kier alpha value is -1.47. The number of likely N-dealkylation sites (tertiary alicyclic amines) is 1. The lowest BCUT2D eigenvalue weighted by atomic mass is 9.89. The summed E-state index contributed by atoms with van der Waals surface area (Å²) < 4.78 is 5.43. The summed E-state index contributed by atoms with van der Waals surface area (Å²) in [7, 11) is 0. The average molecular weight is 307 g/mol. The van der Waals surface area contributed by atoms with Crippen molar-refractivity contribution < 1.29 is 9.53 Å². The van der Waals surface area contributed by atoms with Crippen LogP contribution >= 0.6 is 0 Å². The Bertz CT molecular complexity index is 504. The molecule has 1 aromatic heterocycles. The maximum Gasteiger partial charge on any atom is 0.276 e. The molecule has 0 aromatic carbocycles. The van der Waals surface area contributed by atoms with Crippen LogP contribution in [-0.4, -0.2) is 76.6 Å². The van der Waals surface area contributed by atoms with Gasteiger partial charge in [-0.2, -0.15) is 15.4 Å². The Labute approximate surface area is 131 Å². The van der Waals surface area contributed by atoms with Crippen molar-refractivity contribution in [2.75, 3.05) is 39.4 Å². The van der Waals surface area contributed by atoms with Gasteiger partial charge in [0.25, 0.3) is 5.91 Å². The molecule has 0 radical (unpaired) electrons. The molecular weight excluding hydrogens is 282 g/mol. The smallest absolute Gasteiger partial charge is 0.276 e. The van der Waals surface area contributed by atoms with E-state index >= 15 is 0 Å². The highest BCUT2D eigenvalue weighted by Crippen LogP contribution is 2.25. The van der Waals surface area contributed by atoms with Crippen molar-refractivity contribution in [1.82, 2.24) is 25.2 Å². The lowest BCUT2D eigenvalue weighted by Crippen LogP contribution is -2.49. The summed E-state index contributed by atoms with van der Waals surface area (Å²) in [4.78, 5) is 16.9. The third-order valence-corrected chi connectivity index (χ3v) is 5.06. The van der Waals surface area contributed by atoms with Crippen molar-refractivity contribution >= 4 is 5.91 Å². The van der Waals surface area contributed by atoms with Gasteiger partial charge in [-0.3, -0.25) is 9.69 Å². The maximum atomic E-state index is 12.4. The van der Waals surface area contributed by atoms with Crippen molar-refractivity contribution in [3.63, 3.8) is 0 Å². The average Bonchev–Trinajstić information content (AvgIpc) is 3.00. The molecular formula is C15H25N5O2. The van der Waals surface area contributed by atoms with E-state index in [-0.39, 0.29) is 5.91 Å². The number of morpholine rings is 1. The first kappa shape index (κ1) is 15.4. The van der Waals surface area contributed by atoms with Gasteiger partial charge in [-0.1, -0.05) is 0 Å². The summed E-state index contributed by atoms with van der Waals surface area (Å²) in [6, 6.07) is 0.565. The van der Waals surface area contributed by atoms with E-state index in [4.69, 9.17) is 4.74 Å². The number of aryl methyl sites for hydroxylation is 1. The maximum absolute atomic E-state index is 12.4. The SMILES string of the molecule is Cc1n[nH]nc1C(=O)N1CCC([C@H](C)N2CCOCC2)CC1. The molecule has 0 spiro atoms. The van der Waals surface area contributed by atoms with Crippen LogP contribution in [0.15, 0.2) is 0 Å². The lowest BCUT2D eigenvalue weighted by Gasteiger charge is -2.40. The highest BCUT2D eigenvalue weighted by Gasteiger charge is 2.31. The highest BCUT2D eigenvalue weighted by atomic mass is 16.5. The Morgan fingerprint density at radius 1 is 1.23 bits per heavy atom. The van der Waals surface area contributed by atoms with Gasteiger partial charge < -0.3 is 9.64 Å². The van der Waals surface area contributed by atoms with Gasteiger partial charge in [0.15, 0.2) is 5.69 Å². The quantitative estimate of drug-likeness (QED) is 0.889. The molecule has 0 aliphatic carbocycles. The van der Waals surface area contributed by atoms with Crippen LogP contribution in [0, 0.1) is 12.8 Å². The van der Waals surface area contributed by atoms with Crippen molar-refractivity contribution in [2.24, 2.45) is 5.92 Å². The van der Waals surface area contributed by atoms with Crippen molar-refractivity contribution in [3.8, 4) is 0 Å². The van der Waals surface area contributed by atoms with E-state index in [0.717, 1.165) is 52.2 Å². The standard InChI is InChI=1S/C15H25N5O2/c1-11-14(17-18-16-11)15(21)20-5-3-13(4-6-20)12(2)19-7-9-22-10-8-19/h12-13H,3-10H2,1-2H3,(H,16,17,18)/t12-/m0/s1. The Morgan fingerprint density at radius 3 is 2.50 bits per heavy atom. The first-order valence-electron chi connectivity index (χ1n) is 8.15.